The Labute approximate surface area is 201 Å². The van der Waals surface area contributed by atoms with Gasteiger partial charge in [0.2, 0.25) is 5.91 Å². The molecule has 2 aromatic rings. The van der Waals surface area contributed by atoms with Gasteiger partial charge in [0.15, 0.2) is 0 Å². The number of carboxylic acids is 1. The van der Waals surface area contributed by atoms with Gasteiger partial charge in [-0.15, -0.1) is 0 Å². The first kappa shape index (κ1) is 25.3. The zero-order valence-electron chi connectivity index (χ0n) is 20.3. The molecule has 34 heavy (non-hydrogen) atoms. The predicted octanol–water partition coefficient (Wildman–Crippen LogP) is 4.51. The molecule has 0 saturated heterocycles. The fourth-order valence-corrected chi connectivity index (χ4v) is 4.82. The molecule has 0 aromatic heterocycles. The summed E-state index contributed by atoms with van der Waals surface area (Å²) in [5.74, 6) is -1.50. The molecule has 2 amide bonds. The van der Waals surface area contributed by atoms with Crippen LogP contribution in [0.25, 0.3) is 11.1 Å². The van der Waals surface area contributed by atoms with Gasteiger partial charge in [0, 0.05) is 32.0 Å². The Bertz CT molecular complexity index is 990. The Hall–Kier alpha value is -3.35. The number of amides is 2. The highest BCUT2D eigenvalue weighted by molar-refractivity contribution is 5.81. The van der Waals surface area contributed by atoms with E-state index in [0.29, 0.717) is 13.0 Å². The summed E-state index contributed by atoms with van der Waals surface area (Å²) < 4.78 is 5.63. The van der Waals surface area contributed by atoms with Crippen LogP contribution in [0.3, 0.4) is 0 Å². The Morgan fingerprint density at radius 1 is 1.00 bits per heavy atom. The average Bonchev–Trinajstić information content (AvgIpc) is 3.11. The summed E-state index contributed by atoms with van der Waals surface area (Å²) >= 11 is 0. The minimum Gasteiger partial charge on any atom is -0.481 e. The van der Waals surface area contributed by atoms with Crippen molar-refractivity contribution in [2.75, 3.05) is 20.2 Å². The molecule has 0 saturated carbocycles. The van der Waals surface area contributed by atoms with Crippen molar-refractivity contribution in [2.45, 2.75) is 45.6 Å². The maximum atomic E-state index is 13.0. The van der Waals surface area contributed by atoms with E-state index < -0.39 is 24.0 Å². The quantitative estimate of drug-likeness (QED) is 0.537. The number of aliphatic carboxylic acids is 1. The van der Waals surface area contributed by atoms with Crippen molar-refractivity contribution >= 4 is 18.0 Å². The molecule has 0 fully saturated rings. The van der Waals surface area contributed by atoms with E-state index in [1.165, 1.54) is 0 Å². The van der Waals surface area contributed by atoms with Crippen molar-refractivity contribution in [1.82, 2.24) is 10.2 Å². The standard InChI is InChI=1S/C27H34N2O5/c1-17(2)25(26(32)29(4)15-9-14-24(30)31)18(3)28-27(33)34-16-23-21-12-7-5-10-19(21)20-11-6-8-13-22(20)23/h5-8,10-13,17-18,23,25H,9,14-16H2,1-4H3,(H,28,33)(H,30,31). The molecule has 0 radical (unpaired) electrons. The number of nitrogens with one attached hydrogen (secondary N) is 1. The number of carbonyl (C=O) groups excluding carboxylic acids is 2. The molecule has 2 aromatic carbocycles. The van der Waals surface area contributed by atoms with Gasteiger partial charge in [-0.05, 0) is 41.5 Å². The maximum Gasteiger partial charge on any atom is 0.407 e. The molecule has 182 valence electrons. The largest absolute Gasteiger partial charge is 0.481 e. The van der Waals surface area contributed by atoms with Gasteiger partial charge in [-0.25, -0.2) is 4.79 Å². The smallest absolute Gasteiger partial charge is 0.407 e. The SMILES string of the molecule is CC(C)C(C(=O)N(C)CCCC(=O)O)C(C)NC(=O)OCC1c2ccccc2-c2ccccc21. The van der Waals surface area contributed by atoms with Crippen LogP contribution in [-0.4, -0.2) is 54.2 Å². The lowest BCUT2D eigenvalue weighted by molar-refractivity contribution is -0.139. The molecule has 7 heteroatoms. The van der Waals surface area contributed by atoms with Crippen LogP contribution in [0.4, 0.5) is 4.79 Å². The summed E-state index contributed by atoms with van der Waals surface area (Å²) in [5, 5.41) is 11.7. The fraction of sp³-hybridized carbons (Fsp3) is 0.444. The van der Waals surface area contributed by atoms with Crippen LogP contribution in [-0.2, 0) is 14.3 Å². The lowest BCUT2D eigenvalue weighted by Gasteiger charge is -2.31. The molecular weight excluding hydrogens is 432 g/mol. The molecule has 2 N–H and O–H groups in total. The third-order valence-corrected chi connectivity index (χ3v) is 6.49. The number of carboxylic acid groups (broad SMARTS) is 1. The lowest BCUT2D eigenvalue weighted by Crippen LogP contribution is -2.48. The summed E-state index contributed by atoms with van der Waals surface area (Å²) in [4.78, 5) is 38.0. The molecule has 3 rings (SSSR count). The number of rotatable bonds is 10. The highest BCUT2D eigenvalue weighted by Crippen LogP contribution is 2.44. The Morgan fingerprint density at radius 3 is 2.09 bits per heavy atom. The van der Waals surface area contributed by atoms with Crippen LogP contribution < -0.4 is 5.32 Å². The Balaban J connectivity index is 1.60. The van der Waals surface area contributed by atoms with Crippen molar-refractivity contribution < 1.29 is 24.2 Å². The third-order valence-electron chi connectivity index (χ3n) is 6.49. The monoisotopic (exact) mass is 466 g/mol. The fourth-order valence-electron chi connectivity index (χ4n) is 4.82. The van der Waals surface area contributed by atoms with Crippen molar-refractivity contribution in [3.05, 3.63) is 59.7 Å². The average molecular weight is 467 g/mol. The van der Waals surface area contributed by atoms with E-state index in [0.717, 1.165) is 22.3 Å². The number of benzene rings is 2. The van der Waals surface area contributed by atoms with Crippen LogP contribution in [0.2, 0.25) is 0 Å². The molecule has 7 nitrogen and oxygen atoms in total. The van der Waals surface area contributed by atoms with E-state index in [4.69, 9.17) is 9.84 Å². The molecule has 2 unspecified atom stereocenters. The van der Waals surface area contributed by atoms with E-state index >= 15 is 0 Å². The van der Waals surface area contributed by atoms with Crippen molar-refractivity contribution in [2.24, 2.45) is 11.8 Å². The van der Waals surface area contributed by atoms with E-state index in [1.54, 1.807) is 18.9 Å². The van der Waals surface area contributed by atoms with Gasteiger partial charge in [-0.2, -0.15) is 0 Å². The van der Waals surface area contributed by atoms with Crippen LogP contribution in [0.5, 0.6) is 0 Å². The number of alkyl carbamates (subject to hydrolysis) is 1. The first-order valence-electron chi connectivity index (χ1n) is 11.8. The molecule has 1 aliphatic rings. The maximum absolute atomic E-state index is 13.0. The van der Waals surface area contributed by atoms with E-state index in [1.807, 2.05) is 38.1 Å². The van der Waals surface area contributed by atoms with Gasteiger partial charge in [0.1, 0.15) is 6.61 Å². The molecule has 0 bridgehead atoms. The highest BCUT2D eigenvalue weighted by Gasteiger charge is 2.33. The van der Waals surface area contributed by atoms with Gasteiger partial charge in [-0.3, -0.25) is 9.59 Å². The van der Waals surface area contributed by atoms with Gasteiger partial charge in [-0.1, -0.05) is 62.4 Å². The second-order valence-electron chi connectivity index (χ2n) is 9.29. The number of carbonyl (C=O) groups is 3. The van der Waals surface area contributed by atoms with Gasteiger partial charge in [0.05, 0.1) is 5.92 Å². The highest BCUT2D eigenvalue weighted by atomic mass is 16.5. The first-order valence-corrected chi connectivity index (χ1v) is 11.8. The van der Waals surface area contributed by atoms with Crippen LogP contribution in [0.1, 0.15) is 50.7 Å². The Morgan fingerprint density at radius 2 is 1.56 bits per heavy atom. The van der Waals surface area contributed by atoms with Crippen molar-refractivity contribution in [1.29, 1.82) is 0 Å². The zero-order chi connectivity index (χ0) is 24.8. The summed E-state index contributed by atoms with van der Waals surface area (Å²) in [6.07, 6.45) is -0.157. The second kappa shape index (κ2) is 11.2. The third kappa shape index (κ3) is 5.76. The summed E-state index contributed by atoms with van der Waals surface area (Å²) in [6.45, 7) is 6.23. The first-order chi connectivity index (χ1) is 16.2. The van der Waals surface area contributed by atoms with Gasteiger partial charge in [0.25, 0.3) is 0 Å². The van der Waals surface area contributed by atoms with E-state index in [2.05, 4.69) is 29.6 Å². The molecule has 1 aliphatic carbocycles. The van der Waals surface area contributed by atoms with Crippen LogP contribution in [0.15, 0.2) is 48.5 Å². The van der Waals surface area contributed by atoms with Crippen LogP contribution in [0, 0.1) is 11.8 Å². The topological polar surface area (TPSA) is 95.9 Å². The molecule has 0 spiro atoms. The molecule has 0 aliphatic heterocycles. The normalized spacial score (nSPS) is 14.1. The van der Waals surface area contributed by atoms with E-state index in [9.17, 15) is 14.4 Å². The zero-order valence-corrected chi connectivity index (χ0v) is 20.3. The number of ether oxygens (including phenoxy) is 1. The van der Waals surface area contributed by atoms with Crippen molar-refractivity contribution in [3.63, 3.8) is 0 Å². The minimum absolute atomic E-state index is 0.0114. The van der Waals surface area contributed by atoms with Gasteiger partial charge >= 0.3 is 12.1 Å². The summed E-state index contributed by atoms with van der Waals surface area (Å²) in [5.41, 5.74) is 4.61. The summed E-state index contributed by atoms with van der Waals surface area (Å²) in [7, 11) is 1.67. The van der Waals surface area contributed by atoms with Gasteiger partial charge < -0.3 is 20.1 Å². The predicted molar refractivity (Wildman–Crippen MR) is 131 cm³/mol. The van der Waals surface area contributed by atoms with Crippen molar-refractivity contribution in [3.8, 4) is 11.1 Å². The summed E-state index contributed by atoms with van der Waals surface area (Å²) in [6, 6.07) is 15.9. The van der Waals surface area contributed by atoms with Crippen LogP contribution >= 0.6 is 0 Å². The minimum atomic E-state index is -0.883. The number of hydrogen-bond donors (Lipinski definition) is 2. The number of nitrogens with zero attached hydrogens (tertiary/aromatic N) is 1. The molecule has 2 atom stereocenters. The molecular formula is C27H34N2O5. The number of fused-ring (bicyclic) bond motifs is 3. The lowest BCUT2D eigenvalue weighted by atomic mass is 9.88. The number of hydrogen-bond acceptors (Lipinski definition) is 4. The Kier molecular flexibility index (Phi) is 8.31. The van der Waals surface area contributed by atoms with E-state index in [-0.39, 0.29) is 30.8 Å². The molecule has 0 heterocycles. The second-order valence-corrected chi connectivity index (χ2v) is 9.29.